The summed E-state index contributed by atoms with van der Waals surface area (Å²) in [6, 6.07) is 0.580. The van der Waals surface area contributed by atoms with Gasteiger partial charge in [-0.25, -0.2) is 0 Å². The molecule has 0 aromatic heterocycles. The first-order valence-corrected chi connectivity index (χ1v) is 7.76. The number of carbonyl (C=O) groups excluding carboxylic acids is 1. The highest BCUT2D eigenvalue weighted by Gasteiger charge is 2.36. The predicted molar refractivity (Wildman–Crippen MR) is 74.1 cm³/mol. The van der Waals surface area contributed by atoms with Crippen LogP contribution in [0.15, 0.2) is 0 Å². The molecular formula is C15H28N2O. The Morgan fingerprint density at radius 2 is 1.83 bits per heavy atom. The molecular weight excluding hydrogens is 224 g/mol. The Morgan fingerprint density at radius 1 is 1.17 bits per heavy atom. The van der Waals surface area contributed by atoms with Crippen LogP contribution in [-0.2, 0) is 4.79 Å². The van der Waals surface area contributed by atoms with E-state index < -0.39 is 0 Å². The maximum atomic E-state index is 12.6. The molecule has 18 heavy (non-hydrogen) atoms. The SMILES string of the molecule is CCCCN(C(=O)C1CCC(CN)CC1)C1CC1. The largest absolute Gasteiger partial charge is 0.339 e. The van der Waals surface area contributed by atoms with Gasteiger partial charge in [0, 0.05) is 18.5 Å². The average molecular weight is 252 g/mol. The molecule has 0 atom stereocenters. The highest BCUT2D eigenvalue weighted by atomic mass is 16.2. The Balaban J connectivity index is 1.84. The molecule has 0 spiro atoms. The number of unbranched alkanes of at least 4 members (excludes halogenated alkanes) is 1. The number of hydrogen-bond donors (Lipinski definition) is 1. The lowest BCUT2D eigenvalue weighted by Crippen LogP contribution is -2.40. The topological polar surface area (TPSA) is 46.3 Å². The normalized spacial score (nSPS) is 28.1. The highest BCUT2D eigenvalue weighted by molar-refractivity contribution is 5.79. The van der Waals surface area contributed by atoms with Crippen LogP contribution in [0.1, 0.15) is 58.3 Å². The summed E-state index contributed by atoms with van der Waals surface area (Å²) in [6.45, 7) is 3.97. The minimum Gasteiger partial charge on any atom is -0.339 e. The molecule has 0 saturated heterocycles. The summed E-state index contributed by atoms with van der Waals surface area (Å²) >= 11 is 0. The van der Waals surface area contributed by atoms with Crippen molar-refractivity contribution in [3.05, 3.63) is 0 Å². The number of rotatable bonds is 6. The van der Waals surface area contributed by atoms with Crippen LogP contribution < -0.4 is 5.73 Å². The molecule has 0 radical (unpaired) electrons. The van der Waals surface area contributed by atoms with E-state index in [-0.39, 0.29) is 0 Å². The van der Waals surface area contributed by atoms with Gasteiger partial charge in [0.15, 0.2) is 0 Å². The van der Waals surface area contributed by atoms with Gasteiger partial charge in [-0.15, -0.1) is 0 Å². The van der Waals surface area contributed by atoms with E-state index in [0.29, 0.717) is 23.8 Å². The zero-order chi connectivity index (χ0) is 13.0. The van der Waals surface area contributed by atoms with Crippen molar-refractivity contribution in [1.29, 1.82) is 0 Å². The smallest absolute Gasteiger partial charge is 0.225 e. The first kappa shape index (κ1) is 13.9. The quantitative estimate of drug-likeness (QED) is 0.789. The molecule has 2 fully saturated rings. The Hall–Kier alpha value is -0.570. The van der Waals surface area contributed by atoms with Crippen LogP contribution in [-0.4, -0.2) is 29.9 Å². The maximum Gasteiger partial charge on any atom is 0.225 e. The van der Waals surface area contributed by atoms with E-state index in [0.717, 1.165) is 45.2 Å². The van der Waals surface area contributed by atoms with Crippen molar-refractivity contribution in [2.75, 3.05) is 13.1 Å². The summed E-state index contributed by atoms with van der Waals surface area (Å²) in [7, 11) is 0. The van der Waals surface area contributed by atoms with Gasteiger partial charge >= 0.3 is 0 Å². The minimum absolute atomic E-state index is 0.297. The monoisotopic (exact) mass is 252 g/mol. The molecule has 3 nitrogen and oxygen atoms in total. The number of nitrogens with zero attached hydrogens (tertiary/aromatic N) is 1. The van der Waals surface area contributed by atoms with Crippen molar-refractivity contribution in [1.82, 2.24) is 4.90 Å². The Bertz CT molecular complexity index is 268. The van der Waals surface area contributed by atoms with Gasteiger partial charge in [-0.05, 0) is 57.4 Å². The summed E-state index contributed by atoms with van der Waals surface area (Å²) < 4.78 is 0. The van der Waals surface area contributed by atoms with Crippen molar-refractivity contribution >= 4 is 5.91 Å². The minimum atomic E-state index is 0.297. The zero-order valence-corrected chi connectivity index (χ0v) is 11.7. The number of amides is 1. The molecule has 0 aliphatic heterocycles. The average Bonchev–Trinajstić information content (AvgIpc) is 3.24. The van der Waals surface area contributed by atoms with Crippen LogP contribution >= 0.6 is 0 Å². The molecule has 1 amide bonds. The van der Waals surface area contributed by atoms with E-state index in [1.54, 1.807) is 0 Å². The van der Waals surface area contributed by atoms with Crippen LogP contribution in [0, 0.1) is 11.8 Å². The molecule has 0 bridgehead atoms. The van der Waals surface area contributed by atoms with Gasteiger partial charge in [0.1, 0.15) is 0 Å². The van der Waals surface area contributed by atoms with Crippen LogP contribution in [0.25, 0.3) is 0 Å². The van der Waals surface area contributed by atoms with Crippen LogP contribution in [0.2, 0.25) is 0 Å². The summed E-state index contributed by atoms with van der Waals surface area (Å²) in [5.74, 6) is 1.41. The summed E-state index contributed by atoms with van der Waals surface area (Å²) in [4.78, 5) is 14.8. The lowest BCUT2D eigenvalue weighted by Gasteiger charge is -2.32. The second kappa shape index (κ2) is 6.55. The van der Waals surface area contributed by atoms with Gasteiger partial charge in [-0.1, -0.05) is 13.3 Å². The second-order valence-corrected chi connectivity index (χ2v) is 6.07. The molecule has 0 aromatic carbocycles. The van der Waals surface area contributed by atoms with Gasteiger partial charge in [-0.3, -0.25) is 4.79 Å². The molecule has 0 unspecified atom stereocenters. The Kier molecular flexibility index (Phi) is 5.04. The van der Waals surface area contributed by atoms with E-state index in [2.05, 4.69) is 11.8 Å². The van der Waals surface area contributed by atoms with Crippen molar-refractivity contribution in [2.24, 2.45) is 17.6 Å². The molecule has 0 aromatic rings. The summed E-state index contributed by atoms with van der Waals surface area (Å²) in [6.07, 6.45) is 9.22. The number of nitrogens with two attached hydrogens (primary N) is 1. The summed E-state index contributed by atoms with van der Waals surface area (Å²) in [5.41, 5.74) is 5.71. The van der Waals surface area contributed by atoms with Gasteiger partial charge in [0.2, 0.25) is 5.91 Å². The van der Waals surface area contributed by atoms with E-state index in [9.17, 15) is 4.79 Å². The highest BCUT2D eigenvalue weighted by Crippen LogP contribution is 2.33. The fourth-order valence-corrected chi connectivity index (χ4v) is 3.07. The number of hydrogen-bond acceptors (Lipinski definition) is 2. The molecule has 2 saturated carbocycles. The fourth-order valence-electron chi connectivity index (χ4n) is 3.07. The van der Waals surface area contributed by atoms with Crippen molar-refractivity contribution in [3.63, 3.8) is 0 Å². The molecule has 2 N–H and O–H groups in total. The van der Waals surface area contributed by atoms with Gasteiger partial charge < -0.3 is 10.6 Å². The van der Waals surface area contributed by atoms with Crippen LogP contribution in [0.5, 0.6) is 0 Å². The van der Waals surface area contributed by atoms with E-state index >= 15 is 0 Å². The third-order valence-corrected chi connectivity index (χ3v) is 4.55. The number of carbonyl (C=O) groups is 1. The van der Waals surface area contributed by atoms with E-state index in [1.807, 2.05) is 0 Å². The molecule has 3 heteroatoms. The molecule has 2 aliphatic rings. The lowest BCUT2D eigenvalue weighted by atomic mass is 9.81. The second-order valence-electron chi connectivity index (χ2n) is 6.07. The van der Waals surface area contributed by atoms with Gasteiger partial charge in [-0.2, -0.15) is 0 Å². The van der Waals surface area contributed by atoms with E-state index in [1.165, 1.54) is 19.3 Å². The fraction of sp³-hybridized carbons (Fsp3) is 0.933. The standard InChI is InChI=1S/C15H28N2O/c1-2-3-10-17(14-8-9-14)15(18)13-6-4-12(11-16)5-7-13/h12-14H,2-11,16H2,1H3. The first-order chi connectivity index (χ1) is 8.76. The maximum absolute atomic E-state index is 12.6. The Labute approximate surface area is 111 Å². The first-order valence-electron chi connectivity index (χ1n) is 7.76. The van der Waals surface area contributed by atoms with Crippen molar-refractivity contribution < 1.29 is 4.79 Å². The van der Waals surface area contributed by atoms with Crippen LogP contribution in [0.4, 0.5) is 0 Å². The molecule has 0 heterocycles. The van der Waals surface area contributed by atoms with Gasteiger partial charge in [0.05, 0.1) is 0 Å². The van der Waals surface area contributed by atoms with Crippen LogP contribution in [0.3, 0.4) is 0 Å². The molecule has 2 aliphatic carbocycles. The lowest BCUT2D eigenvalue weighted by molar-refractivity contribution is -0.137. The third kappa shape index (κ3) is 3.47. The van der Waals surface area contributed by atoms with Crippen molar-refractivity contribution in [2.45, 2.75) is 64.3 Å². The van der Waals surface area contributed by atoms with Gasteiger partial charge in [0.25, 0.3) is 0 Å². The van der Waals surface area contributed by atoms with E-state index in [4.69, 9.17) is 5.73 Å². The Morgan fingerprint density at radius 3 is 2.33 bits per heavy atom. The van der Waals surface area contributed by atoms with Crippen molar-refractivity contribution in [3.8, 4) is 0 Å². The third-order valence-electron chi connectivity index (χ3n) is 4.55. The summed E-state index contributed by atoms with van der Waals surface area (Å²) in [5, 5.41) is 0. The zero-order valence-electron chi connectivity index (χ0n) is 11.7. The molecule has 2 rings (SSSR count). The predicted octanol–water partition coefficient (Wildman–Crippen LogP) is 2.54. The molecule has 104 valence electrons.